The maximum Gasteiger partial charge on any atom is 0.00954 e. The minimum absolute atomic E-state index is 0.888. The average molecular weight is 196 g/mol. The third-order valence-electron chi connectivity index (χ3n) is 4.05. The minimum atomic E-state index is 0.888. The van der Waals surface area contributed by atoms with Crippen LogP contribution >= 0.6 is 0 Å². The lowest BCUT2D eigenvalue weighted by molar-refractivity contribution is 0.162. The van der Waals surface area contributed by atoms with E-state index in [1.807, 2.05) is 0 Å². The summed E-state index contributed by atoms with van der Waals surface area (Å²) in [4.78, 5) is 2.72. The first-order valence-electron chi connectivity index (χ1n) is 6.34. The van der Waals surface area contributed by atoms with Crippen molar-refractivity contribution in [3.05, 3.63) is 0 Å². The van der Waals surface area contributed by atoms with Crippen molar-refractivity contribution in [1.82, 2.24) is 4.90 Å². The maximum absolute atomic E-state index is 5.61. The normalized spacial score (nSPS) is 34.9. The van der Waals surface area contributed by atoms with Crippen LogP contribution in [0, 0.1) is 5.92 Å². The van der Waals surface area contributed by atoms with Gasteiger partial charge in [-0.15, -0.1) is 0 Å². The highest BCUT2D eigenvalue weighted by atomic mass is 15.2. The molecular formula is C12H24N2. The molecule has 1 saturated heterocycles. The smallest absolute Gasteiger partial charge is 0.00954 e. The Bertz CT molecular complexity index is 156. The molecule has 0 radical (unpaired) electrons. The van der Waals surface area contributed by atoms with Crippen LogP contribution < -0.4 is 5.73 Å². The van der Waals surface area contributed by atoms with Crippen LogP contribution in [0.1, 0.15) is 44.9 Å². The molecule has 1 saturated carbocycles. The van der Waals surface area contributed by atoms with Gasteiger partial charge in [0, 0.05) is 6.04 Å². The highest BCUT2D eigenvalue weighted by Gasteiger charge is 2.26. The van der Waals surface area contributed by atoms with Gasteiger partial charge in [-0.25, -0.2) is 0 Å². The van der Waals surface area contributed by atoms with Crippen molar-refractivity contribution in [1.29, 1.82) is 0 Å². The number of nitrogens with two attached hydrogens (primary N) is 1. The van der Waals surface area contributed by atoms with Gasteiger partial charge in [0.1, 0.15) is 0 Å². The SMILES string of the molecule is NCCC1CCC(N2CCCC2)CC1. The molecule has 1 aliphatic carbocycles. The van der Waals surface area contributed by atoms with E-state index >= 15 is 0 Å². The zero-order valence-corrected chi connectivity index (χ0v) is 9.25. The van der Waals surface area contributed by atoms with Gasteiger partial charge in [0.05, 0.1) is 0 Å². The molecule has 2 nitrogen and oxygen atoms in total. The van der Waals surface area contributed by atoms with Gasteiger partial charge in [0.25, 0.3) is 0 Å². The van der Waals surface area contributed by atoms with Gasteiger partial charge in [0.15, 0.2) is 0 Å². The third-order valence-corrected chi connectivity index (χ3v) is 4.05. The van der Waals surface area contributed by atoms with Crippen molar-refractivity contribution >= 4 is 0 Å². The fourth-order valence-electron chi connectivity index (χ4n) is 3.14. The van der Waals surface area contributed by atoms with Gasteiger partial charge in [-0.1, -0.05) is 0 Å². The molecule has 0 aromatic rings. The van der Waals surface area contributed by atoms with Crippen molar-refractivity contribution < 1.29 is 0 Å². The topological polar surface area (TPSA) is 29.3 Å². The van der Waals surface area contributed by atoms with Crippen LogP contribution in [-0.2, 0) is 0 Å². The quantitative estimate of drug-likeness (QED) is 0.748. The van der Waals surface area contributed by atoms with Gasteiger partial charge in [0.2, 0.25) is 0 Å². The van der Waals surface area contributed by atoms with Crippen molar-refractivity contribution in [2.45, 2.75) is 51.0 Å². The first kappa shape index (κ1) is 10.4. The number of rotatable bonds is 3. The second-order valence-electron chi connectivity index (χ2n) is 4.99. The molecule has 0 atom stereocenters. The average Bonchev–Trinajstić information content (AvgIpc) is 2.72. The summed E-state index contributed by atoms with van der Waals surface area (Å²) in [7, 11) is 0. The highest BCUT2D eigenvalue weighted by molar-refractivity contribution is 4.82. The first-order chi connectivity index (χ1) is 6.90. The second-order valence-corrected chi connectivity index (χ2v) is 4.99. The van der Waals surface area contributed by atoms with Crippen molar-refractivity contribution in [2.24, 2.45) is 11.7 Å². The molecule has 2 N–H and O–H groups in total. The summed E-state index contributed by atoms with van der Waals surface area (Å²) in [5, 5.41) is 0. The fourth-order valence-corrected chi connectivity index (χ4v) is 3.14. The molecule has 2 heteroatoms. The minimum Gasteiger partial charge on any atom is -0.330 e. The monoisotopic (exact) mass is 196 g/mol. The van der Waals surface area contributed by atoms with E-state index in [0.29, 0.717) is 0 Å². The predicted octanol–water partition coefficient (Wildman–Crippen LogP) is 1.99. The third kappa shape index (κ3) is 2.48. The van der Waals surface area contributed by atoms with Gasteiger partial charge < -0.3 is 10.6 Å². The van der Waals surface area contributed by atoms with E-state index < -0.39 is 0 Å². The Kier molecular flexibility index (Phi) is 3.82. The molecule has 0 amide bonds. The number of likely N-dealkylation sites (tertiary alicyclic amines) is 1. The van der Waals surface area contributed by atoms with Crippen LogP contribution in [0.5, 0.6) is 0 Å². The molecule has 2 rings (SSSR count). The summed E-state index contributed by atoms with van der Waals surface area (Å²) in [6.07, 6.45) is 9.85. The molecule has 0 aromatic heterocycles. The molecule has 1 heterocycles. The van der Waals surface area contributed by atoms with E-state index in [9.17, 15) is 0 Å². The number of hydrogen-bond donors (Lipinski definition) is 1. The van der Waals surface area contributed by atoms with Gasteiger partial charge in [-0.3, -0.25) is 0 Å². The van der Waals surface area contributed by atoms with Crippen LogP contribution in [0.2, 0.25) is 0 Å². The molecule has 1 aliphatic heterocycles. The molecule has 0 bridgehead atoms. The summed E-state index contributed by atoms with van der Waals surface area (Å²) < 4.78 is 0. The Morgan fingerprint density at radius 2 is 1.64 bits per heavy atom. The van der Waals surface area contributed by atoms with Crippen LogP contribution in [0.3, 0.4) is 0 Å². The Morgan fingerprint density at radius 3 is 2.21 bits per heavy atom. The summed E-state index contributed by atoms with van der Waals surface area (Å²) in [6.45, 7) is 3.62. The van der Waals surface area contributed by atoms with Crippen LogP contribution in [-0.4, -0.2) is 30.6 Å². The maximum atomic E-state index is 5.61. The van der Waals surface area contributed by atoms with Crippen LogP contribution in [0.15, 0.2) is 0 Å². The van der Waals surface area contributed by atoms with E-state index in [0.717, 1.165) is 18.5 Å². The zero-order valence-electron chi connectivity index (χ0n) is 9.25. The molecule has 14 heavy (non-hydrogen) atoms. The summed E-state index contributed by atoms with van der Waals surface area (Å²) in [6, 6.07) is 0.923. The second kappa shape index (κ2) is 5.13. The molecule has 2 aliphatic rings. The summed E-state index contributed by atoms with van der Waals surface area (Å²) in [5.41, 5.74) is 5.61. The molecule has 82 valence electrons. The highest BCUT2D eigenvalue weighted by Crippen LogP contribution is 2.30. The fraction of sp³-hybridized carbons (Fsp3) is 1.00. The van der Waals surface area contributed by atoms with Crippen LogP contribution in [0.25, 0.3) is 0 Å². The van der Waals surface area contributed by atoms with E-state index in [4.69, 9.17) is 5.73 Å². The predicted molar refractivity (Wildman–Crippen MR) is 60.2 cm³/mol. The Labute approximate surface area is 87.8 Å². The standard InChI is InChI=1S/C12H24N2/c13-8-7-11-3-5-12(6-4-11)14-9-1-2-10-14/h11-12H,1-10,13H2. The lowest BCUT2D eigenvalue weighted by Gasteiger charge is -2.34. The van der Waals surface area contributed by atoms with E-state index in [1.165, 1.54) is 58.0 Å². The molecule has 0 aromatic carbocycles. The van der Waals surface area contributed by atoms with E-state index in [1.54, 1.807) is 0 Å². The molecule has 0 spiro atoms. The molecule has 2 fully saturated rings. The van der Waals surface area contributed by atoms with Crippen molar-refractivity contribution in [2.75, 3.05) is 19.6 Å². The van der Waals surface area contributed by atoms with E-state index in [-0.39, 0.29) is 0 Å². The lowest BCUT2D eigenvalue weighted by Crippen LogP contribution is -2.36. The Hall–Kier alpha value is -0.0800. The molecule has 0 unspecified atom stereocenters. The Morgan fingerprint density at radius 1 is 1.00 bits per heavy atom. The number of nitrogens with zero attached hydrogens (tertiary/aromatic N) is 1. The zero-order chi connectivity index (χ0) is 9.80. The Balaban J connectivity index is 1.72. The lowest BCUT2D eigenvalue weighted by atomic mass is 9.83. The van der Waals surface area contributed by atoms with E-state index in [2.05, 4.69) is 4.90 Å². The van der Waals surface area contributed by atoms with Gasteiger partial charge in [-0.2, -0.15) is 0 Å². The van der Waals surface area contributed by atoms with Crippen LogP contribution in [0.4, 0.5) is 0 Å². The van der Waals surface area contributed by atoms with Gasteiger partial charge >= 0.3 is 0 Å². The first-order valence-corrected chi connectivity index (χ1v) is 6.34. The van der Waals surface area contributed by atoms with Gasteiger partial charge in [-0.05, 0) is 70.5 Å². The van der Waals surface area contributed by atoms with Crippen molar-refractivity contribution in [3.8, 4) is 0 Å². The molecular weight excluding hydrogens is 172 g/mol. The summed E-state index contributed by atoms with van der Waals surface area (Å²) >= 11 is 0. The summed E-state index contributed by atoms with van der Waals surface area (Å²) in [5.74, 6) is 0.943. The number of hydrogen-bond acceptors (Lipinski definition) is 2. The largest absolute Gasteiger partial charge is 0.330 e. The van der Waals surface area contributed by atoms with Crippen molar-refractivity contribution in [3.63, 3.8) is 0 Å².